The number of rotatable bonds is 4. The molecule has 0 fully saturated rings. The summed E-state index contributed by atoms with van der Waals surface area (Å²) in [6.07, 6.45) is 1.86. The van der Waals surface area contributed by atoms with Crippen molar-refractivity contribution >= 4 is 76.6 Å². The van der Waals surface area contributed by atoms with Crippen LogP contribution in [0, 0.1) is 0 Å². The number of para-hydroxylation sites is 3. The molecule has 0 bridgehead atoms. The number of fused-ring (bicyclic) bond motifs is 10. The van der Waals surface area contributed by atoms with Gasteiger partial charge in [0.25, 0.3) is 0 Å². The molecule has 0 aliphatic rings. The standard InChI is InChI=1S/C56H45N5O/c1-55(2,3)34-15-13-16-36(28-34)60-48-30-35(56(4,5)6)29-42(53(48)59-54(60)41-20-14-19-40-37-17-7-9-21-45(37)58-52(40)41)33-24-25-38-43-31-44-39-18-8-10-22-49(39)62-50(44)32-47(43)61(46(38)27-33)51-23-11-12-26-57-51/h7-32,58H,1-6H3. The lowest BCUT2D eigenvalue weighted by Crippen LogP contribution is -2.12. The molecule has 0 saturated heterocycles. The number of hydrogen-bond donors (Lipinski definition) is 1. The van der Waals surface area contributed by atoms with Gasteiger partial charge in [0, 0.05) is 66.9 Å². The molecule has 5 heterocycles. The highest BCUT2D eigenvalue weighted by atomic mass is 16.3. The molecule has 12 rings (SSSR count). The average molecular weight is 804 g/mol. The van der Waals surface area contributed by atoms with Crippen molar-refractivity contribution in [2.75, 3.05) is 0 Å². The zero-order chi connectivity index (χ0) is 42.1. The van der Waals surface area contributed by atoms with Crippen LogP contribution in [0.1, 0.15) is 52.7 Å². The van der Waals surface area contributed by atoms with Crippen LogP contribution in [0.5, 0.6) is 0 Å². The zero-order valence-electron chi connectivity index (χ0n) is 35.7. The molecule has 300 valence electrons. The summed E-state index contributed by atoms with van der Waals surface area (Å²) in [5, 5.41) is 6.92. The van der Waals surface area contributed by atoms with Crippen LogP contribution in [0.3, 0.4) is 0 Å². The Bertz CT molecular complexity index is 3770. The normalized spacial score (nSPS) is 12.7. The maximum atomic E-state index is 6.44. The largest absolute Gasteiger partial charge is 0.456 e. The lowest BCUT2D eigenvalue weighted by molar-refractivity contribution is 0.590. The van der Waals surface area contributed by atoms with E-state index in [1.807, 2.05) is 24.4 Å². The van der Waals surface area contributed by atoms with Gasteiger partial charge in [-0.2, -0.15) is 0 Å². The molecular weight excluding hydrogens is 759 g/mol. The Morgan fingerprint density at radius 2 is 1.26 bits per heavy atom. The van der Waals surface area contributed by atoms with Gasteiger partial charge >= 0.3 is 0 Å². The van der Waals surface area contributed by atoms with Gasteiger partial charge in [0.1, 0.15) is 22.8 Å². The number of aromatic amines is 1. The van der Waals surface area contributed by atoms with E-state index in [0.29, 0.717) is 0 Å². The lowest BCUT2D eigenvalue weighted by atomic mass is 9.84. The van der Waals surface area contributed by atoms with Crippen molar-refractivity contribution < 1.29 is 4.42 Å². The van der Waals surface area contributed by atoms with E-state index in [-0.39, 0.29) is 10.8 Å². The van der Waals surface area contributed by atoms with Crippen molar-refractivity contribution in [1.82, 2.24) is 24.1 Å². The van der Waals surface area contributed by atoms with Gasteiger partial charge in [-0.25, -0.2) is 9.97 Å². The number of H-pyrrole nitrogens is 1. The van der Waals surface area contributed by atoms with Gasteiger partial charge in [-0.1, -0.05) is 120 Å². The number of nitrogens with one attached hydrogen (secondary N) is 1. The molecule has 5 aromatic heterocycles. The Balaban J connectivity index is 1.18. The van der Waals surface area contributed by atoms with Gasteiger partial charge in [0.05, 0.1) is 27.6 Å². The quantitative estimate of drug-likeness (QED) is 0.193. The van der Waals surface area contributed by atoms with E-state index in [1.54, 1.807) is 0 Å². The predicted molar refractivity (Wildman–Crippen MR) is 258 cm³/mol. The first-order valence-corrected chi connectivity index (χ1v) is 21.5. The summed E-state index contributed by atoms with van der Waals surface area (Å²) in [5.74, 6) is 1.75. The number of imidazole rings is 1. The highest BCUT2D eigenvalue weighted by Crippen LogP contribution is 2.44. The van der Waals surface area contributed by atoms with Crippen LogP contribution in [-0.2, 0) is 10.8 Å². The second kappa shape index (κ2) is 13.0. The molecule has 0 saturated carbocycles. The molecule has 7 aromatic carbocycles. The molecule has 62 heavy (non-hydrogen) atoms. The molecule has 0 spiro atoms. The smallest absolute Gasteiger partial charge is 0.147 e. The third kappa shape index (κ3) is 5.49. The van der Waals surface area contributed by atoms with Crippen molar-refractivity contribution in [3.05, 3.63) is 169 Å². The summed E-state index contributed by atoms with van der Waals surface area (Å²) in [4.78, 5) is 14.4. The molecule has 0 atom stereocenters. The first-order chi connectivity index (χ1) is 30.0. The van der Waals surface area contributed by atoms with Crippen LogP contribution in [0.4, 0.5) is 0 Å². The Morgan fingerprint density at radius 1 is 0.500 bits per heavy atom. The molecule has 6 nitrogen and oxygen atoms in total. The Kier molecular flexibility index (Phi) is 7.65. The molecular formula is C56H45N5O. The third-order valence-electron chi connectivity index (χ3n) is 12.8. The number of hydrogen-bond acceptors (Lipinski definition) is 3. The summed E-state index contributed by atoms with van der Waals surface area (Å²) in [6.45, 7) is 13.7. The van der Waals surface area contributed by atoms with Gasteiger partial charge in [0.15, 0.2) is 0 Å². The molecule has 0 amide bonds. The Morgan fingerprint density at radius 3 is 2.08 bits per heavy atom. The molecule has 1 N–H and O–H groups in total. The summed E-state index contributed by atoms with van der Waals surface area (Å²) < 4.78 is 11.1. The maximum Gasteiger partial charge on any atom is 0.147 e. The monoisotopic (exact) mass is 803 g/mol. The first kappa shape index (κ1) is 36.4. The van der Waals surface area contributed by atoms with Gasteiger partial charge in [-0.3, -0.25) is 9.13 Å². The number of aromatic nitrogens is 5. The summed E-state index contributed by atoms with van der Waals surface area (Å²) in [7, 11) is 0. The SMILES string of the molecule is CC(C)(C)c1cccc(-n2c(-c3cccc4c3[nH]c3ccccc34)nc3c(-c4ccc5c6cc7c(cc6n(-c6ccccn6)c5c4)oc4ccccc47)cc(C(C)(C)C)cc32)c1. The van der Waals surface area contributed by atoms with Crippen LogP contribution < -0.4 is 0 Å². The topological polar surface area (TPSA) is 64.6 Å². The number of pyridine rings is 1. The van der Waals surface area contributed by atoms with Crippen LogP contribution in [0.25, 0.3) is 111 Å². The molecule has 0 aliphatic heterocycles. The molecule has 6 heteroatoms. The Labute approximate surface area is 359 Å². The highest BCUT2D eigenvalue weighted by Gasteiger charge is 2.26. The van der Waals surface area contributed by atoms with E-state index in [1.165, 1.54) is 21.9 Å². The predicted octanol–water partition coefficient (Wildman–Crippen LogP) is 15.0. The highest BCUT2D eigenvalue weighted by molar-refractivity contribution is 6.18. The maximum absolute atomic E-state index is 6.44. The van der Waals surface area contributed by atoms with E-state index in [0.717, 1.165) is 99.8 Å². The summed E-state index contributed by atoms with van der Waals surface area (Å²) in [6, 6.07) is 54.6. The number of benzene rings is 7. The van der Waals surface area contributed by atoms with Gasteiger partial charge in [-0.15, -0.1) is 0 Å². The Hall–Kier alpha value is -7.44. The second-order valence-corrected chi connectivity index (χ2v) is 18.8. The van der Waals surface area contributed by atoms with Crippen molar-refractivity contribution in [1.29, 1.82) is 0 Å². The van der Waals surface area contributed by atoms with Crippen molar-refractivity contribution in [3.63, 3.8) is 0 Å². The fraction of sp³-hybridized carbons (Fsp3) is 0.143. The van der Waals surface area contributed by atoms with Crippen LogP contribution in [-0.4, -0.2) is 24.1 Å². The van der Waals surface area contributed by atoms with Gasteiger partial charge in [0.2, 0.25) is 0 Å². The summed E-state index contributed by atoms with van der Waals surface area (Å²) in [5.41, 5.74) is 14.7. The fourth-order valence-electron chi connectivity index (χ4n) is 9.58. The second-order valence-electron chi connectivity index (χ2n) is 18.8. The summed E-state index contributed by atoms with van der Waals surface area (Å²) >= 11 is 0. The van der Waals surface area contributed by atoms with Crippen LogP contribution >= 0.6 is 0 Å². The molecule has 0 unspecified atom stereocenters. The fourth-order valence-corrected chi connectivity index (χ4v) is 9.58. The number of furan rings is 1. The van der Waals surface area contributed by atoms with Crippen molar-refractivity contribution in [2.45, 2.75) is 52.4 Å². The van der Waals surface area contributed by atoms with Gasteiger partial charge < -0.3 is 9.40 Å². The minimum absolute atomic E-state index is 0.0391. The van der Waals surface area contributed by atoms with E-state index in [9.17, 15) is 0 Å². The van der Waals surface area contributed by atoms with E-state index in [4.69, 9.17) is 14.4 Å². The van der Waals surface area contributed by atoms with E-state index >= 15 is 0 Å². The minimum atomic E-state index is -0.146. The van der Waals surface area contributed by atoms with Crippen LogP contribution in [0.15, 0.2) is 162 Å². The average Bonchev–Trinajstić information content (AvgIpc) is 4.03. The zero-order valence-corrected chi connectivity index (χ0v) is 35.7. The molecule has 0 aliphatic carbocycles. The lowest BCUT2D eigenvalue weighted by Gasteiger charge is -2.22. The van der Waals surface area contributed by atoms with E-state index < -0.39 is 0 Å². The number of nitrogens with zero attached hydrogens (tertiary/aromatic N) is 4. The first-order valence-electron chi connectivity index (χ1n) is 21.5. The third-order valence-corrected chi connectivity index (χ3v) is 12.8. The molecule has 12 aromatic rings. The van der Waals surface area contributed by atoms with Gasteiger partial charge in [-0.05, 0) is 94.3 Å². The van der Waals surface area contributed by atoms with Crippen molar-refractivity contribution in [3.8, 4) is 34.0 Å². The molecule has 0 radical (unpaired) electrons. The van der Waals surface area contributed by atoms with E-state index in [2.05, 4.69) is 189 Å². The van der Waals surface area contributed by atoms with Crippen molar-refractivity contribution in [2.24, 2.45) is 0 Å². The minimum Gasteiger partial charge on any atom is -0.456 e. The van der Waals surface area contributed by atoms with Crippen LogP contribution in [0.2, 0.25) is 0 Å².